The summed E-state index contributed by atoms with van der Waals surface area (Å²) in [6, 6.07) is 0.0902. The standard InChI is InChI=1S/C9H15N3/c1-3-5-12-7-11-6-9(12)8(10)4-2/h3,6-8H,1,4-5,10H2,2H3/t8-/m1/s1. The van der Waals surface area contributed by atoms with Gasteiger partial charge in [-0.2, -0.15) is 0 Å². The molecule has 1 atom stereocenters. The Bertz CT molecular complexity index is 252. The van der Waals surface area contributed by atoms with Crippen molar-refractivity contribution in [3.8, 4) is 0 Å². The van der Waals surface area contributed by atoms with Gasteiger partial charge in [-0.3, -0.25) is 0 Å². The molecule has 0 radical (unpaired) electrons. The van der Waals surface area contributed by atoms with Gasteiger partial charge in [-0.1, -0.05) is 13.0 Å². The Morgan fingerprint density at radius 3 is 3.17 bits per heavy atom. The highest BCUT2D eigenvalue weighted by molar-refractivity contribution is 5.04. The molecule has 0 bridgehead atoms. The Kier molecular flexibility index (Phi) is 3.05. The molecule has 0 spiro atoms. The van der Waals surface area contributed by atoms with E-state index in [0.29, 0.717) is 0 Å². The van der Waals surface area contributed by atoms with Crippen LogP contribution in [-0.2, 0) is 6.54 Å². The maximum atomic E-state index is 5.87. The van der Waals surface area contributed by atoms with E-state index in [1.807, 2.05) is 16.8 Å². The predicted molar refractivity (Wildman–Crippen MR) is 49.6 cm³/mol. The zero-order valence-electron chi connectivity index (χ0n) is 7.40. The zero-order chi connectivity index (χ0) is 8.97. The van der Waals surface area contributed by atoms with Crippen LogP contribution in [0.1, 0.15) is 25.1 Å². The highest BCUT2D eigenvalue weighted by Crippen LogP contribution is 2.12. The molecule has 3 nitrogen and oxygen atoms in total. The zero-order valence-corrected chi connectivity index (χ0v) is 7.40. The molecule has 0 aliphatic rings. The van der Waals surface area contributed by atoms with Crippen molar-refractivity contribution in [3.63, 3.8) is 0 Å². The predicted octanol–water partition coefficient (Wildman–Crippen LogP) is 1.48. The van der Waals surface area contributed by atoms with E-state index >= 15 is 0 Å². The number of aromatic nitrogens is 2. The van der Waals surface area contributed by atoms with Gasteiger partial charge in [0.05, 0.1) is 12.0 Å². The Labute approximate surface area is 72.9 Å². The highest BCUT2D eigenvalue weighted by atomic mass is 15.1. The summed E-state index contributed by atoms with van der Waals surface area (Å²) in [5, 5.41) is 0. The molecule has 1 aromatic rings. The summed E-state index contributed by atoms with van der Waals surface area (Å²) >= 11 is 0. The molecule has 0 fully saturated rings. The lowest BCUT2D eigenvalue weighted by Crippen LogP contribution is -2.13. The van der Waals surface area contributed by atoms with Crippen molar-refractivity contribution in [2.24, 2.45) is 5.73 Å². The van der Waals surface area contributed by atoms with Crippen molar-refractivity contribution in [3.05, 3.63) is 30.9 Å². The lowest BCUT2D eigenvalue weighted by Gasteiger charge is -2.10. The molecule has 12 heavy (non-hydrogen) atoms. The molecular weight excluding hydrogens is 150 g/mol. The monoisotopic (exact) mass is 165 g/mol. The summed E-state index contributed by atoms with van der Waals surface area (Å²) in [4.78, 5) is 4.04. The minimum atomic E-state index is 0.0902. The van der Waals surface area contributed by atoms with E-state index in [-0.39, 0.29) is 6.04 Å². The van der Waals surface area contributed by atoms with Gasteiger partial charge in [0.15, 0.2) is 0 Å². The van der Waals surface area contributed by atoms with Crippen LogP contribution in [0.25, 0.3) is 0 Å². The van der Waals surface area contributed by atoms with E-state index in [4.69, 9.17) is 5.73 Å². The van der Waals surface area contributed by atoms with Gasteiger partial charge in [0.1, 0.15) is 0 Å². The van der Waals surface area contributed by atoms with Gasteiger partial charge in [-0.25, -0.2) is 4.98 Å². The van der Waals surface area contributed by atoms with Gasteiger partial charge in [0.25, 0.3) is 0 Å². The van der Waals surface area contributed by atoms with Gasteiger partial charge in [-0.05, 0) is 6.42 Å². The van der Waals surface area contributed by atoms with Crippen LogP contribution in [0.5, 0.6) is 0 Å². The first-order chi connectivity index (χ1) is 5.79. The Morgan fingerprint density at radius 1 is 1.83 bits per heavy atom. The minimum Gasteiger partial charge on any atom is -0.329 e. The number of imidazole rings is 1. The van der Waals surface area contributed by atoms with Crippen molar-refractivity contribution >= 4 is 0 Å². The van der Waals surface area contributed by atoms with Gasteiger partial charge in [-0.15, -0.1) is 6.58 Å². The summed E-state index contributed by atoms with van der Waals surface area (Å²) in [5.41, 5.74) is 6.96. The molecule has 0 aliphatic heterocycles. The van der Waals surface area contributed by atoms with E-state index in [0.717, 1.165) is 18.7 Å². The molecule has 1 heterocycles. The van der Waals surface area contributed by atoms with Crippen LogP contribution >= 0.6 is 0 Å². The van der Waals surface area contributed by atoms with Crippen LogP contribution in [0.15, 0.2) is 25.2 Å². The number of nitrogens with zero attached hydrogens (tertiary/aromatic N) is 2. The summed E-state index contributed by atoms with van der Waals surface area (Å²) in [5.74, 6) is 0. The Balaban J connectivity index is 2.82. The molecule has 2 N–H and O–H groups in total. The second kappa shape index (κ2) is 4.07. The summed E-state index contributed by atoms with van der Waals surface area (Å²) < 4.78 is 2.02. The molecular formula is C9H15N3. The number of allylic oxidation sites excluding steroid dienone is 1. The molecule has 0 unspecified atom stereocenters. The van der Waals surface area contributed by atoms with Crippen molar-refractivity contribution in [1.29, 1.82) is 0 Å². The van der Waals surface area contributed by atoms with Crippen molar-refractivity contribution < 1.29 is 0 Å². The van der Waals surface area contributed by atoms with Gasteiger partial charge < -0.3 is 10.3 Å². The molecule has 1 rings (SSSR count). The van der Waals surface area contributed by atoms with E-state index in [9.17, 15) is 0 Å². The largest absolute Gasteiger partial charge is 0.329 e. The second-order valence-electron chi connectivity index (χ2n) is 2.77. The third kappa shape index (κ3) is 1.74. The molecule has 3 heteroatoms. The van der Waals surface area contributed by atoms with Crippen molar-refractivity contribution in [2.45, 2.75) is 25.9 Å². The number of nitrogens with two attached hydrogens (primary N) is 1. The average molecular weight is 165 g/mol. The summed E-state index contributed by atoms with van der Waals surface area (Å²) in [6.45, 7) is 6.52. The third-order valence-corrected chi connectivity index (χ3v) is 1.89. The van der Waals surface area contributed by atoms with Crippen LogP contribution in [0, 0.1) is 0 Å². The van der Waals surface area contributed by atoms with Gasteiger partial charge >= 0.3 is 0 Å². The second-order valence-corrected chi connectivity index (χ2v) is 2.77. The maximum Gasteiger partial charge on any atom is 0.0951 e. The fourth-order valence-corrected chi connectivity index (χ4v) is 1.14. The fourth-order valence-electron chi connectivity index (χ4n) is 1.14. The normalized spacial score (nSPS) is 12.8. The average Bonchev–Trinajstić information content (AvgIpc) is 2.52. The highest BCUT2D eigenvalue weighted by Gasteiger charge is 2.07. The summed E-state index contributed by atoms with van der Waals surface area (Å²) in [7, 11) is 0. The van der Waals surface area contributed by atoms with E-state index in [1.165, 1.54) is 0 Å². The number of hydrogen-bond donors (Lipinski definition) is 1. The van der Waals surface area contributed by atoms with Crippen LogP contribution in [0.2, 0.25) is 0 Å². The van der Waals surface area contributed by atoms with Crippen molar-refractivity contribution in [1.82, 2.24) is 9.55 Å². The summed E-state index contributed by atoms with van der Waals surface area (Å²) in [6.07, 6.45) is 6.38. The van der Waals surface area contributed by atoms with Gasteiger partial charge in [0.2, 0.25) is 0 Å². The minimum absolute atomic E-state index is 0.0902. The van der Waals surface area contributed by atoms with E-state index in [2.05, 4.69) is 18.5 Å². The molecule has 0 aromatic carbocycles. The van der Waals surface area contributed by atoms with Crippen molar-refractivity contribution in [2.75, 3.05) is 0 Å². The van der Waals surface area contributed by atoms with E-state index in [1.54, 1.807) is 6.33 Å². The quantitative estimate of drug-likeness (QED) is 0.687. The van der Waals surface area contributed by atoms with Crippen LogP contribution in [0.3, 0.4) is 0 Å². The SMILES string of the molecule is C=CCn1cncc1[C@H](N)CC. The third-order valence-electron chi connectivity index (χ3n) is 1.89. The Hall–Kier alpha value is -1.09. The first-order valence-electron chi connectivity index (χ1n) is 4.16. The van der Waals surface area contributed by atoms with Crippen LogP contribution in [0.4, 0.5) is 0 Å². The van der Waals surface area contributed by atoms with Crippen LogP contribution in [-0.4, -0.2) is 9.55 Å². The Morgan fingerprint density at radius 2 is 2.58 bits per heavy atom. The molecule has 0 amide bonds. The van der Waals surface area contributed by atoms with Crippen LogP contribution < -0.4 is 5.73 Å². The lowest BCUT2D eigenvalue weighted by molar-refractivity contribution is 0.623. The topological polar surface area (TPSA) is 43.8 Å². The first-order valence-corrected chi connectivity index (χ1v) is 4.16. The molecule has 66 valence electrons. The van der Waals surface area contributed by atoms with Gasteiger partial charge in [0, 0.05) is 18.8 Å². The molecule has 0 saturated heterocycles. The molecule has 1 aromatic heterocycles. The first kappa shape index (κ1) is 9.00. The molecule has 0 aliphatic carbocycles. The van der Waals surface area contributed by atoms with E-state index < -0.39 is 0 Å². The lowest BCUT2D eigenvalue weighted by atomic mass is 10.2. The molecule has 0 saturated carbocycles. The maximum absolute atomic E-state index is 5.87. The number of rotatable bonds is 4. The number of hydrogen-bond acceptors (Lipinski definition) is 2. The smallest absolute Gasteiger partial charge is 0.0951 e. The fraction of sp³-hybridized carbons (Fsp3) is 0.444.